The van der Waals surface area contributed by atoms with Crippen molar-refractivity contribution in [1.82, 2.24) is 4.90 Å². The fourth-order valence-corrected chi connectivity index (χ4v) is 2.33. The van der Waals surface area contributed by atoms with E-state index in [1.54, 1.807) is 25.3 Å². The average molecular weight is 330 g/mol. The predicted molar refractivity (Wildman–Crippen MR) is 94.1 cm³/mol. The van der Waals surface area contributed by atoms with E-state index in [0.29, 0.717) is 5.02 Å². The molecule has 1 N–H and O–H groups in total. The first-order valence-electron chi connectivity index (χ1n) is 7.42. The fourth-order valence-electron chi connectivity index (χ4n) is 2.20. The van der Waals surface area contributed by atoms with Gasteiger partial charge in [0, 0.05) is 18.1 Å². The molecule has 0 aliphatic carbocycles. The second kappa shape index (κ2) is 7.95. The van der Waals surface area contributed by atoms with Crippen LogP contribution in [-0.4, -0.2) is 29.0 Å². The summed E-state index contributed by atoms with van der Waals surface area (Å²) in [4.78, 5) is 13.8. The van der Waals surface area contributed by atoms with Gasteiger partial charge in [0.05, 0.1) is 12.1 Å². The summed E-state index contributed by atoms with van der Waals surface area (Å²) in [5, 5.41) is 11.0. The maximum atomic E-state index is 12.3. The van der Waals surface area contributed by atoms with Crippen LogP contribution < -0.4 is 0 Å². The van der Waals surface area contributed by atoms with Crippen molar-refractivity contribution in [2.75, 3.05) is 7.05 Å². The van der Waals surface area contributed by atoms with E-state index < -0.39 is 6.10 Å². The second-order valence-corrected chi connectivity index (χ2v) is 5.87. The standard InChI is InChI=1S/C19H20ClNO2/c1-14(19(23)16-6-4-3-5-7-16)21(2)18(22)13-10-15-8-11-17(20)12-9-15/h3-14,19,23H,1-2H3/b13-10+. The third-order valence-corrected chi connectivity index (χ3v) is 4.10. The first kappa shape index (κ1) is 17.3. The first-order valence-corrected chi connectivity index (χ1v) is 7.80. The van der Waals surface area contributed by atoms with Gasteiger partial charge in [0.15, 0.2) is 0 Å². The molecule has 0 aliphatic rings. The lowest BCUT2D eigenvalue weighted by atomic mass is 10.0. The monoisotopic (exact) mass is 329 g/mol. The molecule has 2 unspecified atom stereocenters. The molecule has 2 aromatic rings. The molecule has 0 aliphatic heterocycles. The minimum Gasteiger partial charge on any atom is -0.386 e. The summed E-state index contributed by atoms with van der Waals surface area (Å²) >= 11 is 5.83. The quantitative estimate of drug-likeness (QED) is 0.844. The first-order chi connectivity index (χ1) is 11.0. The molecule has 0 aromatic heterocycles. The van der Waals surface area contributed by atoms with Crippen molar-refractivity contribution in [2.45, 2.75) is 19.1 Å². The Labute approximate surface area is 141 Å². The van der Waals surface area contributed by atoms with Crippen LogP contribution in [-0.2, 0) is 4.79 Å². The Kier molecular flexibility index (Phi) is 5.97. The SMILES string of the molecule is CC(C(O)c1ccccc1)N(C)C(=O)/C=C/c1ccc(Cl)cc1. The minimum absolute atomic E-state index is 0.164. The van der Waals surface area contributed by atoms with E-state index in [9.17, 15) is 9.90 Å². The van der Waals surface area contributed by atoms with Crippen LogP contribution in [0, 0.1) is 0 Å². The van der Waals surface area contributed by atoms with Crippen LogP contribution in [0.2, 0.25) is 5.02 Å². The van der Waals surface area contributed by atoms with Gasteiger partial charge in [-0.05, 0) is 36.3 Å². The van der Waals surface area contributed by atoms with Crippen molar-refractivity contribution in [3.8, 4) is 0 Å². The molecule has 2 rings (SSSR count). The van der Waals surface area contributed by atoms with Gasteiger partial charge in [-0.1, -0.05) is 54.1 Å². The molecule has 4 heteroatoms. The Morgan fingerprint density at radius 1 is 1.13 bits per heavy atom. The largest absolute Gasteiger partial charge is 0.386 e. The van der Waals surface area contributed by atoms with Crippen LogP contribution in [0.15, 0.2) is 60.7 Å². The highest BCUT2D eigenvalue weighted by molar-refractivity contribution is 6.30. The molecule has 1 amide bonds. The number of aliphatic hydroxyl groups is 1. The zero-order chi connectivity index (χ0) is 16.8. The third kappa shape index (κ3) is 4.68. The molecule has 0 saturated heterocycles. The van der Waals surface area contributed by atoms with Gasteiger partial charge in [-0.25, -0.2) is 0 Å². The molecule has 0 fully saturated rings. The Morgan fingerprint density at radius 2 is 1.74 bits per heavy atom. The van der Waals surface area contributed by atoms with E-state index >= 15 is 0 Å². The van der Waals surface area contributed by atoms with Crippen LogP contribution in [0.25, 0.3) is 6.08 Å². The summed E-state index contributed by atoms with van der Waals surface area (Å²) in [7, 11) is 1.69. The number of hydrogen-bond acceptors (Lipinski definition) is 2. The van der Waals surface area contributed by atoms with Gasteiger partial charge < -0.3 is 10.0 Å². The molecule has 2 atom stereocenters. The summed E-state index contributed by atoms with van der Waals surface area (Å²) in [6.07, 6.45) is 2.50. The van der Waals surface area contributed by atoms with E-state index in [1.165, 1.54) is 11.0 Å². The molecule has 120 valence electrons. The van der Waals surface area contributed by atoms with Crippen LogP contribution in [0.4, 0.5) is 0 Å². The molecule has 2 aromatic carbocycles. The van der Waals surface area contributed by atoms with Crippen molar-refractivity contribution in [3.05, 3.63) is 76.8 Å². The summed E-state index contributed by atoms with van der Waals surface area (Å²) in [6.45, 7) is 1.83. The maximum Gasteiger partial charge on any atom is 0.246 e. The van der Waals surface area contributed by atoms with Gasteiger partial charge >= 0.3 is 0 Å². The summed E-state index contributed by atoms with van der Waals surface area (Å²) in [5.74, 6) is -0.164. The van der Waals surface area contributed by atoms with Gasteiger partial charge in [-0.3, -0.25) is 4.79 Å². The summed E-state index contributed by atoms with van der Waals surface area (Å²) in [6, 6.07) is 16.2. The molecular weight excluding hydrogens is 310 g/mol. The van der Waals surface area contributed by atoms with E-state index in [4.69, 9.17) is 11.6 Å². The normalized spacial score (nSPS) is 13.7. The van der Waals surface area contributed by atoms with Gasteiger partial charge in [0.2, 0.25) is 5.91 Å². The molecule has 0 heterocycles. The molecule has 0 radical (unpaired) electrons. The number of halogens is 1. The van der Waals surface area contributed by atoms with Crippen molar-refractivity contribution >= 4 is 23.6 Å². The van der Waals surface area contributed by atoms with E-state index in [-0.39, 0.29) is 11.9 Å². The minimum atomic E-state index is -0.728. The zero-order valence-electron chi connectivity index (χ0n) is 13.2. The third-order valence-electron chi connectivity index (χ3n) is 3.84. The molecule has 0 bridgehead atoms. The highest BCUT2D eigenvalue weighted by Gasteiger charge is 2.22. The van der Waals surface area contributed by atoms with E-state index in [1.807, 2.05) is 49.4 Å². The van der Waals surface area contributed by atoms with Gasteiger partial charge in [0.1, 0.15) is 0 Å². The second-order valence-electron chi connectivity index (χ2n) is 5.43. The Hall–Kier alpha value is -2.10. The van der Waals surface area contributed by atoms with Crippen LogP contribution in [0.5, 0.6) is 0 Å². The average Bonchev–Trinajstić information content (AvgIpc) is 2.59. The van der Waals surface area contributed by atoms with Crippen molar-refractivity contribution < 1.29 is 9.90 Å². The summed E-state index contributed by atoms with van der Waals surface area (Å²) < 4.78 is 0. The van der Waals surface area contributed by atoms with E-state index in [0.717, 1.165) is 11.1 Å². The molecule has 3 nitrogen and oxygen atoms in total. The number of rotatable bonds is 5. The zero-order valence-corrected chi connectivity index (χ0v) is 13.9. The maximum absolute atomic E-state index is 12.3. The smallest absolute Gasteiger partial charge is 0.246 e. The summed E-state index contributed by atoms with van der Waals surface area (Å²) in [5.41, 5.74) is 1.69. The number of benzene rings is 2. The predicted octanol–water partition coefficient (Wildman–Crippen LogP) is 3.93. The lowest BCUT2D eigenvalue weighted by Gasteiger charge is -2.28. The molecule has 0 saturated carbocycles. The molecule has 23 heavy (non-hydrogen) atoms. The van der Waals surface area contributed by atoms with Crippen LogP contribution >= 0.6 is 11.6 Å². The van der Waals surface area contributed by atoms with Crippen molar-refractivity contribution in [3.63, 3.8) is 0 Å². The van der Waals surface area contributed by atoms with Gasteiger partial charge in [-0.2, -0.15) is 0 Å². The highest BCUT2D eigenvalue weighted by Crippen LogP contribution is 2.20. The number of nitrogens with zero attached hydrogens (tertiary/aromatic N) is 1. The molecule has 0 spiro atoms. The highest BCUT2D eigenvalue weighted by atomic mass is 35.5. The number of amides is 1. The number of aliphatic hydroxyl groups excluding tert-OH is 1. The lowest BCUT2D eigenvalue weighted by molar-refractivity contribution is -0.128. The number of likely N-dealkylation sites (N-methyl/N-ethyl adjacent to an activating group) is 1. The fraction of sp³-hybridized carbons (Fsp3) is 0.211. The lowest BCUT2D eigenvalue weighted by Crippen LogP contribution is -2.38. The van der Waals surface area contributed by atoms with E-state index in [2.05, 4.69) is 0 Å². The topological polar surface area (TPSA) is 40.5 Å². The number of carbonyl (C=O) groups is 1. The van der Waals surface area contributed by atoms with Crippen molar-refractivity contribution in [2.24, 2.45) is 0 Å². The van der Waals surface area contributed by atoms with Crippen molar-refractivity contribution in [1.29, 1.82) is 0 Å². The van der Waals surface area contributed by atoms with Crippen LogP contribution in [0.1, 0.15) is 24.2 Å². The Balaban J connectivity index is 2.02. The number of carbonyl (C=O) groups excluding carboxylic acids is 1. The van der Waals surface area contributed by atoms with Gasteiger partial charge in [-0.15, -0.1) is 0 Å². The van der Waals surface area contributed by atoms with Gasteiger partial charge in [0.25, 0.3) is 0 Å². The molecular formula is C19H20ClNO2. The Bertz CT molecular complexity index is 668. The Morgan fingerprint density at radius 3 is 2.35 bits per heavy atom. The number of hydrogen-bond donors (Lipinski definition) is 1. The van der Waals surface area contributed by atoms with Crippen LogP contribution in [0.3, 0.4) is 0 Å².